The second-order valence-corrected chi connectivity index (χ2v) is 3.72. The van der Waals surface area contributed by atoms with Crippen LogP contribution in [0.1, 0.15) is 5.56 Å². The third-order valence-electron chi connectivity index (χ3n) is 2.51. The number of hydrogen-bond acceptors (Lipinski definition) is 2. The van der Waals surface area contributed by atoms with E-state index < -0.39 is 12.6 Å². The zero-order chi connectivity index (χ0) is 13.1. The molecule has 0 aliphatic carbocycles. The molecule has 0 radical (unpaired) electrons. The summed E-state index contributed by atoms with van der Waals surface area (Å²) in [5.74, 6) is -1.02. The van der Waals surface area contributed by atoms with E-state index in [1.807, 2.05) is 0 Å². The van der Waals surface area contributed by atoms with Gasteiger partial charge in [0.15, 0.2) is 0 Å². The summed E-state index contributed by atoms with van der Waals surface area (Å²) in [6.45, 7) is -2.94. The van der Waals surface area contributed by atoms with Gasteiger partial charge in [-0.1, -0.05) is 30.3 Å². The third kappa shape index (κ3) is 2.56. The van der Waals surface area contributed by atoms with Crippen LogP contribution in [-0.4, -0.2) is 17.7 Å². The molecule has 0 fully saturated rings. The molecule has 0 unspecified atom stereocenters. The Bertz CT molecular complexity index is 576. The predicted molar refractivity (Wildman–Crippen MR) is 61.9 cm³/mol. The lowest BCUT2D eigenvalue weighted by molar-refractivity contribution is -0.136. The molecule has 5 heteroatoms. The van der Waals surface area contributed by atoms with Crippen molar-refractivity contribution in [2.75, 3.05) is 0 Å². The average Bonchev–Trinajstić information content (AvgIpc) is 2.27. The molecule has 2 aromatic rings. The van der Waals surface area contributed by atoms with Crippen LogP contribution in [0.25, 0.3) is 10.8 Å². The Morgan fingerprint density at radius 2 is 1.89 bits per heavy atom. The molecule has 0 saturated carbocycles. The monoisotopic (exact) mass is 252 g/mol. The molecule has 18 heavy (non-hydrogen) atoms. The van der Waals surface area contributed by atoms with Crippen LogP contribution in [0.2, 0.25) is 0 Å². The number of hydrogen-bond donors (Lipinski definition) is 1. The Labute approximate surface area is 102 Å². The second-order valence-electron chi connectivity index (χ2n) is 3.72. The summed E-state index contributed by atoms with van der Waals surface area (Å²) in [4.78, 5) is 10.8. The minimum absolute atomic E-state index is 0.000602. The quantitative estimate of drug-likeness (QED) is 0.909. The van der Waals surface area contributed by atoms with Gasteiger partial charge in [0.1, 0.15) is 5.75 Å². The van der Waals surface area contributed by atoms with Crippen LogP contribution in [0, 0.1) is 0 Å². The van der Waals surface area contributed by atoms with E-state index in [0.29, 0.717) is 16.3 Å². The number of carboxylic acids is 1. The van der Waals surface area contributed by atoms with E-state index in [9.17, 15) is 13.6 Å². The lowest BCUT2D eigenvalue weighted by Gasteiger charge is -2.11. The standard InChI is InChI=1S/C13H10F2O3/c14-13(15)18-10-6-2-4-8-3-1-5-9(12(8)10)7-11(16)17/h1-6,13H,7H2,(H,16,17). The third-order valence-corrected chi connectivity index (χ3v) is 2.51. The van der Waals surface area contributed by atoms with Crippen LogP contribution in [-0.2, 0) is 11.2 Å². The van der Waals surface area contributed by atoms with E-state index >= 15 is 0 Å². The van der Waals surface area contributed by atoms with Crippen molar-refractivity contribution in [1.29, 1.82) is 0 Å². The van der Waals surface area contributed by atoms with Gasteiger partial charge in [0.25, 0.3) is 0 Å². The van der Waals surface area contributed by atoms with Crippen molar-refractivity contribution in [1.82, 2.24) is 0 Å². The van der Waals surface area contributed by atoms with E-state index in [1.165, 1.54) is 6.07 Å². The summed E-state index contributed by atoms with van der Waals surface area (Å²) >= 11 is 0. The average molecular weight is 252 g/mol. The fourth-order valence-corrected chi connectivity index (χ4v) is 1.89. The smallest absolute Gasteiger partial charge is 0.387 e. The molecule has 0 spiro atoms. The topological polar surface area (TPSA) is 46.5 Å². The molecule has 1 N–H and O–H groups in total. The molecule has 94 valence electrons. The van der Waals surface area contributed by atoms with Crippen LogP contribution in [0.4, 0.5) is 8.78 Å². The highest BCUT2D eigenvalue weighted by Gasteiger charge is 2.13. The summed E-state index contributed by atoms with van der Waals surface area (Å²) in [6.07, 6.45) is -0.235. The Kier molecular flexibility index (Phi) is 3.41. The van der Waals surface area contributed by atoms with Crippen LogP contribution in [0.15, 0.2) is 36.4 Å². The van der Waals surface area contributed by atoms with E-state index in [-0.39, 0.29) is 12.2 Å². The summed E-state index contributed by atoms with van der Waals surface area (Å²) in [5.41, 5.74) is 0.455. The zero-order valence-electron chi connectivity index (χ0n) is 9.27. The van der Waals surface area contributed by atoms with Crippen molar-refractivity contribution in [2.45, 2.75) is 13.0 Å². The number of fused-ring (bicyclic) bond motifs is 1. The molecular weight excluding hydrogens is 242 g/mol. The Hall–Kier alpha value is -2.17. The summed E-state index contributed by atoms with van der Waals surface area (Å²) in [6, 6.07) is 9.71. The molecule has 0 aliphatic heterocycles. The van der Waals surface area contributed by atoms with Gasteiger partial charge in [0.05, 0.1) is 6.42 Å². The number of aliphatic carboxylic acids is 1. The summed E-state index contributed by atoms with van der Waals surface area (Å²) in [7, 11) is 0. The van der Waals surface area contributed by atoms with Crippen molar-refractivity contribution in [2.24, 2.45) is 0 Å². The van der Waals surface area contributed by atoms with Gasteiger partial charge in [-0.3, -0.25) is 4.79 Å². The van der Waals surface area contributed by atoms with Gasteiger partial charge in [0, 0.05) is 5.39 Å². The SMILES string of the molecule is O=C(O)Cc1cccc2cccc(OC(F)F)c12. The molecule has 3 nitrogen and oxygen atoms in total. The van der Waals surface area contributed by atoms with Gasteiger partial charge in [-0.05, 0) is 17.0 Å². The number of carbonyl (C=O) groups is 1. The molecule has 0 aliphatic rings. The Morgan fingerprint density at radius 3 is 2.50 bits per heavy atom. The molecule has 0 heterocycles. The van der Waals surface area contributed by atoms with Crippen molar-refractivity contribution >= 4 is 16.7 Å². The van der Waals surface area contributed by atoms with Crippen LogP contribution in [0.3, 0.4) is 0 Å². The van der Waals surface area contributed by atoms with Crippen molar-refractivity contribution in [3.63, 3.8) is 0 Å². The molecule has 0 atom stereocenters. The van der Waals surface area contributed by atoms with Crippen LogP contribution < -0.4 is 4.74 Å². The second kappa shape index (κ2) is 5.00. The molecule has 0 bridgehead atoms. The molecular formula is C13H10F2O3. The zero-order valence-corrected chi connectivity index (χ0v) is 9.27. The number of benzene rings is 2. The van der Waals surface area contributed by atoms with Gasteiger partial charge in [-0.25, -0.2) is 0 Å². The normalized spacial score (nSPS) is 10.8. The summed E-state index contributed by atoms with van der Waals surface area (Å²) in [5, 5.41) is 9.90. The Morgan fingerprint density at radius 1 is 1.22 bits per heavy atom. The highest BCUT2D eigenvalue weighted by Crippen LogP contribution is 2.30. The fraction of sp³-hybridized carbons (Fsp3) is 0.154. The predicted octanol–water partition coefficient (Wildman–Crippen LogP) is 3.07. The first kappa shape index (κ1) is 12.3. The lowest BCUT2D eigenvalue weighted by atomic mass is 10.0. The van der Waals surface area contributed by atoms with Crippen molar-refractivity contribution in [3.05, 3.63) is 42.0 Å². The molecule has 2 rings (SSSR count). The number of alkyl halides is 2. The van der Waals surface area contributed by atoms with Gasteiger partial charge in [-0.2, -0.15) is 8.78 Å². The minimum atomic E-state index is -2.94. The maximum Gasteiger partial charge on any atom is 0.387 e. The number of halogens is 2. The lowest BCUT2D eigenvalue weighted by Crippen LogP contribution is -2.05. The molecule has 0 amide bonds. The van der Waals surface area contributed by atoms with E-state index in [4.69, 9.17) is 5.11 Å². The van der Waals surface area contributed by atoms with Gasteiger partial charge in [-0.15, -0.1) is 0 Å². The number of rotatable bonds is 4. The first-order valence-electron chi connectivity index (χ1n) is 5.25. The maximum atomic E-state index is 12.3. The molecule has 0 saturated heterocycles. The highest BCUT2D eigenvalue weighted by molar-refractivity contribution is 5.93. The number of ether oxygens (including phenoxy) is 1. The summed E-state index contributed by atoms with van der Waals surface area (Å²) < 4.78 is 29.0. The van der Waals surface area contributed by atoms with Crippen LogP contribution >= 0.6 is 0 Å². The van der Waals surface area contributed by atoms with E-state index in [1.54, 1.807) is 30.3 Å². The van der Waals surface area contributed by atoms with Crippen molar-refractivity contribution < 1.29 is 23.4 Å². The van der Waals surface area contributed by atoms with Crippen molar-refractivity contribution in [3.8, 4) is 5.75 Å². The minimum Gasteiger partial charge on any atom is -0.481 e. The van der Waals surface area contributed by atoms with E-state index in [0.717, 1.165) is 0 Å². The maximum absolute atomic E-state index is 12.3. The van der Waals surface area contributed by atoms with Crippen LogP contribution in [0.5, 0.6) is 5.75 Å². The van der Waals surface area contributed by atoms with Gasteiger partial charge < -0.3 is 9.84 Å². The molecule has 2 aromatic carbocycles. The number of carboxylic acid groups (broad SMARTS) is 1. The molecule has 0 aromatic heterocycles. The highest BCUT2D eigenvalue weighted by atomic mass is 19.3. The first-order valence-corrected chi connectivity index (χ1v) is 5.25. The fourth-order valence-electron chi connectivity index (χ4n) is 1.89. The Balaban J connectivity index is 2.59. The van der Waals surface area contributed by atoms with E-state index in [2.05, 4.69) is 4.74 Å². The largest absolute Gasteiger partial charge is 0.481 e. The van der Waals surface area contributed by atoms with Gasteiger partial charge in [0.2, 0.25) is 0 Å². The first-order chi connectivity index (χ1) is 8.58. The van der Waals surface area contributed by atoms with Gasteiger partial charge >= 0.3 is 12.6 Å².